The maximum absolute atomic E-state index is 12.2. The molecule has 1 aliphatic heterocycles. The fourth-order valence-corrected chi connectivity index (χ4v) is 2.62. The molecule has 1 N–H and O–H groups in total. The van der Waals surface area contributed by atoms with Crippen molar-refractivity contribution in [2.24, 2.45) is 0 Å². The molecule has 0 aromatic heterocycles. The smallest absolute Gasteiger partial charge is 0.257 e. The zero-order chi connectivity index (χ0) is 15.5. The average Bonchev–Trinajstić information content (AvgIpc) is 2.75. The van der Waals surface area contributed by atoms with Crippen molar-refractivity contribution < 1.29 is 14.3 Å². The van der Waals surface area contributed by atoms with Crippen LogP contribution in [0.25, 0.3) is 0 Å². The van der Waals surface area contributed by atoms with Crippen LogP contribution in [0.2, 0.25) is 0 Å². The Kier molecular flexibility index (Phi) is 4.73. The fourth-order valence-electron chi connectivity index (χ4n) is 2.62. The van der Waals surface area contributed by atoms with Gasteiger partial charge in [0.25, 0.3) is 5.79 Å². The van der Waals surface area contributed by atoms with Gasteiger partial charge in [-0.1, -0.05) is 26.0 Å². The van der Waals surface area contributed by atoms with E-state index in [1.807, 2.05) is 31.2 Å². The van der Waals surface area contributed by atoms with Gasteiger partial charge in [-0.15, -0.1) is 0 Å². The molecule has 0 aliphatic carbocycles. The van der Waals surface area contributed by atoms with Crippen LogP contribution in [0.1, 0.15) is 34.1 Å². The summed E-state index contributed by atoms with van der Waals surface area (Å²) in [6.07, 6.45) is 0.160. The van der Waals surface area contributed by atoms with Crippen molar-refractivity contribution in [1.82, 2.24) is 10.2 Å². The molecule has 21 heavy (non-hydrogen) atoms. The lowest BCUT2D eigenvalue weighted by atomic mass is 10.2. The molecule has 1 aliphatic rings. The molecule has 2 rings (SSSR count). The summed E-state index contributed by atoms with van der Waals surface area (Å²) >= 11 is 0. The number of amides is 1. The van der Waals surface area contributed by atoms with E-state index in [-0.39, 0.29) is 18.5 Å². The Morgan fingerprint density at radius 2 is 1.76 bits per heavy atom. The summed E-state index contributed by atoms with van der Waals surface area (Å²) in [6.45, 7) is 9.72. The second kappa shape index (κ2) is 6.35. The van der Waals surface area contributed by atoms with Crippen molar-refractivity contribution in [1.29, 1.82) is 0 Å². The van der Waals surface area contributed by atoms with Crippen molar-refractivity contribution in [3.63, 3.8) is 0 Å². The highest BCUT2D eigenvalue weighted by Crippen LogP contribution is 2.40. The van der Waals surface area contributed by atoms with E-state index < -0.39 is 5.79 Å². The summed E-state index contributed by atoms with van der Waals surface area (Å²) in [6, 6.07) is 7.46. The topological polar surface area (TPSA) is 50.8 Å². The number of benzene rings is 1. The summed E-state index contributed by atoms with van der Waals surface area (Å²) in [5.41, 5.74) is 0. The minimum atomic E-state index is -0.934. The Hall–Kier alpha value is -1.75. The predicted molar refractivity (Wildman–Crippen MR) is 81.2 cm³/mol. The van der Waals surface area contributed by atoms with Crippen molar-refractivity contribution in [3.8, 4) is 11.5 Å². The largest absolute Gasteiger partial charge is 0.448 e. The van der Waals surface area contributed by atoms with Gasteiger partial charge in [0.15, 0.2) is 11.5 Å². The van der Waals surface area contributed by atoms with E-state index in [4.69, 9.17) is 9.47 Å². The summed E-state index contributed by atoms with van der Waals surface area (Å²) < 4.78 is 11.5. The number of nitrogens with one attached hydrogen (secondary N) is 1. The van der Waals surface area contributed by atoms with Crippen molar-refractivity contribution >= 4 is 5.91 Å². The van der Waals surface area contributed by atoms with Gasteiger partial charge in [0.05, 0.1) is 6.17 Å². The molecular weight excluding hydrogens is 268 g/mol. The Labute approximate surface area is 126 Å². The second-order valence-electron chi connectivity index (χ2n) is 5.43. The van der Waals surface area contributed by atoms with E-state index in [1.54, 1.807) is 6.92 Å². The first-order valence-electron chi connectivity index (χ1n) is 7.48. The van der Waals surface area contributed by atoms with Gasteiger partial charge < -0.3 is 14.8 Å². The molecule has 0 fully saturated rings. The summed E-state index contributed by atoms with van der Waals surface area (Å²) in [5, 5.41) is 2.99. The lowest BCUT2D eigenvalue weighted by Crippen LogP contribution is -2.49. The second-order valence-corrected chi connectivity index (χ2v) is 5.43. The maximum Gasteiger partial charge on any atom is 0.257 e. The van der Waals surface area contributed by atoms with Crippen LogP contribution in [0, 0.1) is 0 Å². The van der Waals surface area contributed by atoms with Crippen LogP contribution >= 0.6 is 0 Å². The summed E-state index contributed by atoms with van der Waals surface area (Å²) in [7, 11) is 0. The van der Waals surface area contributed by atoms with E-state index in [1.165, 1.54) is 0 Å². The van der Waals surface area contributed by atoms with E-state index >= 15 is 0 Å². The van der Waals surface area contributed by atoms with Gasteiger partial charge in [-0.05, 0) is 32.1 Å². The van der Waals surface area contributed by atoms with Crippen molar-refractivity contribution in [2.45, 2.75) is 46.1 Å². The van der Waals surface area contributed by atoms with Crippen LogP contribution in [-0.2, 0) is 4.79 Å². The average molecular weight is 292 g/mol. The summed E-state index contributed by atoms with van der Waals surface area (Å²) in [4.78, 5) is 14.4. The molecule has 5 heteroatoms. The molecule has 0 bridgehead atoms. The molecule has 0 saturated heterocycles. The molecule has 1 unspecified atom stereocenters. The number of nitrogens with zero attached hydrogens (tertiary/aromatic N) is 1. The van der Waals surface area contributed by atoms with Gasteiger partial charge in [0.2, 0.25) is 5.91 Å². The molecule has 1 amide bonds. The molecule has 1 heterocycles. The van der Waals surface area contributed by atoms with Gasteiger partial charge >= 0.3 is 0 Å². The molecule has 1 aromatic rings. The Morgan fingerprint density at radius 3 is 2.24 bits per heavy atom. The highest BCUT2D eigenvalue weighted by atomic mass is 16.7. The maximum atomic E-state index is 12.2. The SMILES string of the molecule is CCN(CC)C(C)NC(=O)CC1(C)Oc2ccccc2O1. The van der Waals surface area contributed by atoms with E-state index in [9.17, 15) is 4.79 Å². The van der Waals surface area contributed by atoms with Crippen LogP contribution in [0.3, 0.4) is 0 Å². The highest BCUT2D eigenvalue weighted by Gasteiger charge is 2.39. The van der Waals surface area contributed by atoms with Crippen LogP contribution in [0.4, 0.5) is 0 Å². The lowest BCUT2D eigenvalue weighted by Gasteiger charge is -2.29. The minimum Gasteiger partial charge on any atom is -0.448 e. The lowest BCUT2D eigenvalue weighted by molar-refractivity contribution is -0.135. The van der Waals surface area contributed by atoms with Crippen LogP contribution in [0.15, 0.2) is 24.3 Å². The van der Waals surface area contributed by atoms with Gasteiger partial charge in [-0.25, -0.2) is 0 Å². The van der Waals surface area contributed by atoms with Crippen LogP contribution < -0.4 is 14.8 Å². The molecule has 116 valence electrons. The molecule has 0 radical (unpaired) electrons. The van der Waals surface area contributed by atoms with E-state index in [0.717, 1.165) is 13.1 Å². The first-order valence-corrected chi connectivity index (χ1v) is 7.48. The van der Waals surface area contributed by atoms with Gasteiger partial charge in [0.1, 0.15) is 6.42 Å². The number of carbonyl (C=O) groups excluding carboxylic acids is 1. The first-order chi connectivity index (χ1) is 9.97. The monoisotopic (exact) mass is 292 g/mol. The van der Waals surface area contributed by atoms with Gasteiger partial charge in [-0.2, -0.15) is 0 Å². The minimum absolute atomic E-state index is 0.000113. The molecule has 5 nitrogen and oxygen atoms in total. The third kappa shape index (κ3) is 3.67. The molecule has 1 aromatic carbocycles. The molecule has 0 spiro atoms. The summed E-state index contributed by atoms with van der Waals surface area (Å²) in [5.74, 6) is 0.357. The quantitative estimate of drug-likeness (QED) is 0.818. The number of rotatable bonds is 6. The molecular formula is C16H24N2O3. The number of fused-ring (bicyclic) bond motifs is 1. The number of ether oxygens (including phenoxy) is 2. The standard InChI is InChI=1S/C16H24N2O3/c1-5-18(6-2)12(3)17-15(19)11-16(4)20-13-9-7-8-10-14(13)21-16/h7-10,12H,5-6,11H2,1-4H3,(H,17,19). The molecule has 1 atom stereocenters. The Balaban J connectivity index is 1.92. The Morgan fingerprint density at radius 1 is 1.24 bits per heavy atom. The van der Waals surface area contributed by atoms with Gasteiger partial charge in [0, 0.05) is 6.92 Å². The fraction of sp³-hybridized carbons (Fsp3) is 0.562. The number of para-hydroxylation sites is 2. The highest BCUT2D eigenvalue weighted by molar-refractivity contribution is 5.77. The third-order valence-electron chi connectivity index (χ3n) is 3.71. The van der Waals surface area contributed by atoms with Crippen LogP contribution in [-0.4, -0.2) is 35.8 Å². The zero-order valence-electron chi connectivity index (χ0n) is 13.2. The van der Waals surface area contributed by atoms with Crippen molar-refractivity contribution in [3.05, 3.63) is 24.3 Å². The number of hydrogen-bond donors (Lipinski definition) is 1. The van der Waals surface area contributed by atoms with Gasteiger partial charge in [-0.3, -0.25) is 9.69 Å². The Bertz CT molecular complexity index is 475. The third-order valence-corrected chi connectivity index (χ3v) is 3.71. The first kappa shape index (κ1) is 15.6. The van der Waals surface area contributed by atoms with E-state index in [0.29, 0.717) is 11.5 Å². The molecule has 0 saturated carbocycles. The number of carbonyl (C=O) groups is 1. The van der Waals surface area contributed by atoms with Crippen LogP contribution in [0.5, 0.6) is 11.5 Å². The number of hydrogen-bond acceptors (Lipinski definition) is 4. The zero-order valence-corrected chi connectivity index (χ0v) is 13.2. The van der Waals surface area contributed by atoms with E-state index in [2.05, 4.69) is 24.1 Å². The van der Waals surface area contributed by atoms with Crippen molar-refractivity contribution in [2.75, 3.05) is 13.1 Å². The predicted octanol–water partition coefficient (Wildman–Crippen LogP) is 2.37. The normalized spacial score (nSPS) is 16.8.